The topological polar surface area (TPSA) is 21.3 Å². The standard InChI is InChI=1S/C16H18BrNOS/c1-2-8-18-13-10-15(16-12(17)7-9-20-16)19-14-6-4-3-5-11(13)14/h3-7,9,13,15,18H,2,8,10H2,1H3. The third kappa shape index (κ3) is 2.78. The summed E-state index contributed by atoms with van der Waals surface area (Å²) < 4.78 is 7.36. The third-order valence-corrected chi connectivity index (χ3v) is 5.55. The molecule has 1 N–H and O–H groups in total. The molecule has 106 valence electrons. The lowest BCUT2D eigenvalue weighted by molar-refractivity contribution is 0.154. The molecular formula is C16H18BrNOS. The van der Waals surface area contributed by atoms with Gasteiger partial charge in [0, 0.05) is 22.5 Å². The number of hydrogen-bond donors (Lipinski definition) is 1. The average molecular weight is 352 g/mol. The molecule has 20 heavy (non-hydrogen) atoms. The first-order chi connectivity index (χ1) is 9.79. The van der Waals surface area contributed by atoms with Gasteiger partial charge < -0.3 is 10.1 Å². The van der Waals surface area contributed by atoms with Crippen LogP contribution in [0.2, 0.25) is 0 Å². The van der Waals surface area contributed by atoms with Crippen LogP contribution < -0.4 is 10.1 Å². The largest absolute Gasteiger partial charge is 0.484 e. The van der Waals surface area contributed by atoms with Crippen LogP contribution in [0.15, 0.2) is 40.2 Å². The highest BCUT2D eigenvalue weighted by atomic mass is 79.9. The Morgan fingerprint density at radius 3 is 2.95 bits per heavy atom. The zero-order chi connectivity index (χ0) is 13.9. The van der Waals surface area contributed by atoms with Crippen molar-refractivity contribution in [1.29, 1.82) is 0 Å². The number of thiophene rings is 1. The molecule has 3 rings (SSSR count). The molecule has 0 bridgehead atoms. The van der Waals surface area contributed by atoms with Crippen LogP contribution >= 0.6 is 27.3 Å². The number of benzene rings is 1. The lowest BCUT2D eigenvalue weighted by atomic mass is 9.95. The molecule has 0 saturated carbocycles. The minimum atomic E-state index is 0.133. The summed E-state index contributed by atoms with van der Waals surface area (Å²) >= 11 is 5.38. The molecule has 4 heteroatoms. The monoisotopic (exact) mass is 351 g/mol. The summed E-state index contributed by atoms with van der Waals surface area (Å²) in [6.07, 6.45) is 2.26. The van der Waals surface area contributed by atoms with Gasteiger partial charge in [-0.1, -0.05) is 25.1 Å². The number of rotatable bonds is 4. The minimum Gasteiger partial charge on any atom is -0.484 e. The van der Waals surface area contributed by atoms with E-state index < -0.39 is 0 Å². The fourth-order valence-electron chi connectivity index (χ4n) is 2.63. The maximum Gasteiger partial charge on any atom is 0.136 e. The Morgan fingerprint density at radius 2 is 2.20 bits per heavy atom. The molecule has 2 atom stereocenters. The summed E-state index contributed by atoms with van der Waals surface area (Å²) in [5, 5.41) is 5.76. The SMILES string of the molecule is CCCNC1CC(c2sccc2Br)Oc2ccccc21. The molecule has 2 nitrogen and oxygen atoms in total. The van der Waals surface area contributed by atoms with Crippen LogP contribution in [0.1, 0.15) is 42.4 Å². The lowest BCUT2D eigenvalue weighted by Gasteiger charge is -2.32. The number of fused-ring (bicyclic) bond motifs is 1. The van der Waals surface area contributed by atoms with Gasteiger partial charge in [-0.3, -0.25) is 0 Å². The van der Waals surface area contributed by atoms with Crippen molar-refractivity contribution in [2.45, 2.75) is 31.9 Å². The van der Waals surface area contributed by atoms with E-state index in [0.29, 0.717) is 6.04 Å². The summed E-state index contributed by atoms with van der Waals surface area (Å²) in [6.45, 7) is 3.24. The molecule has 0 spiro atoms. The number of ether oxygens (including phenoxy) is 1. The molecular weight excluding hydrogens is 334 g/mol. The maximum atomic E-state index is 6.21. The van der Waals surface area contributed by atoms with E-state index in [1.807, 2.05) is 6.07 Å². The van der Waals surface area contributed by atoms with Gasteiger partial charge >= 0.3 is 0 Å². The zero-order valence-corrected chi connectivity index (χ0v) is 13.8. The molecule has 0 amide bonds. The van der Waals surface area contributed by atoms with Crippen molar-refractivity contribution >= 4 is 27.3 Å². The second kappa shape index (κ2) is 6.29. The fourth-order valence-corrected chi connectivity index (χ4v) is 4.30. The maximum absolute atomic E-state index is 6.21. The molecule has 1 aromatic heterocycles. The van der Waals surface area contributed by atoms with Crippen molar-refractivity contribution < 1.29 is 4.74 Å². The van der Waals surface area contributed by atoms with Crippen LogP contribution in [-0.2, 0) is 0 Å². The number of nitrogens with one attached hydrogen (secondary N) is 1. The molecule has 1 aromatic carbocycles. The predicted octanol–water partition coefficient (Wildman–Crippen LogP) is 5.08. The Morgan fingerprint density at radius 1 is 1.35 bits per heavy atom. The zero-order valence-electron chi connectivity index (χ0n) is 11.4. The molecule has 1 aliphatic heterocycles. The van der Waals surface area contributed by atoms with Crippen LogP contribution in [0.5, 0.6) is 5.75 Å². The molecule has 2 unspecified atom stereocenters. The molecule has 0 radical (unpaired) electrons. The molecule has 2 aromatic rings. The predicted molar refractivity (Wildman–Crippen MR) is 87.5 cm³/mol. The van der Waals surface area contributed by atoms with Crippen molar-refractivity contribution in [3.05, 3.63) is 50.6 Å². The smallest absolute Gasteiger partial charge is 0.136 e. The van der Waals surface area contributed by atoms with Crippen molar-refractivity contribution in [3.8, 4) is 5.75 Å². The van der Waals surface area contributed by atoms with Gasteiger partial charge in [0.15, 0.2) is 0 Å². The van der Waals surface area contributed by atoms with E-state index in [2.05, 4.69) is 57.8 Å². The summed E-state index contributed by atoms with van der Waals surface area (Å²) in [7, 11) is 0. The highest BCUT2D eigenvalue weighted by Crippen LogP contribution is 2.43. The van der Waals surface area contributed by atoms with Crippen LogP contribution in [0.3, 0.4) is 0 Å². The van der Waals surface area contributed by atoms with Crippen LogP contribution in [-0.4, -0.2) is 6.54 Å². The van der Waals surface area contributed by atoms with Gasteiger partial charge in [-0.25, -0.2) is 0 Å². The fraction of sp³-hybridized carbons (Fsp3) is 0.375. The highest BCUT2D eigenvalue weighted by Gasteiger charge is 2.30. The lowest BCUT2D eigenvalue weighted by Crippen LogP contribution is -2.29. The van der Waals surface area contributed by atoms with Gasteiger partial charge in [0.1, 0.15) is 11.9 Å². The van der Waals surface area contributed by atoms with Crippen molar-refractivity contribution in [2.75, 3.05) is 6.54 Å². The average Bonchev–Trinajstić information content (AvgIpc) is 2.90. The van der Waals surface area contributed by atoms with Crippen LogP contribution in [0.25, 0.3) is 0 Å². The first-order valence-electron chi connectivity index (χ1n) is 7.01. The van der Waals surface area contributed by atoms with E-state index in [9.17, 15) is 0 Å². The van der Waals surface area contributed by atoms with E-state index in [-0.39, 0.29) is 6.10 Å². The van der Waals surface area contributed by atoms with Crippen molar-refractivity contribution in [1.82, 2.24) is 5.32 Å². The molecule has 0 fully saturated rings. The summed E-state index contributed by atoms with van der Waals surface area (Å²) in [5.41, 5.74) is 1.28. The van der Waals surface area contributed by atoms with Gasteiger partial charge in [0.05, 0.1) is 4.88 Å². The van der Waals surface area contributed by atoms with Gasteiger partial charge in [0.2, 0.25) is 0 Å². The van der Waals surface area contributed by atoms with Gasteiger partial charge in [-0.2, -0.15) is 0 Å². The third-order valence-electron chi connectivity index (χ3n) is 3.59. The summed E-state index contributed by atoms with van der Waals surface area (Å²) in [4.78, 5) is 1.28. The summed E-state index contributed by atoms with van der Waals surface area (Å²) in [5.74, 6) is 1.01. The first kappa shape index (κ1) is 14.1. The molecule has 0 aliphatic carbocycles. The Balaban J connectivity index is 1.90. The second-order valence-electron chi connectivity index (χ2n) is 5.02. The Kier molecular flexibility index (Phi) is 4.44. The van der Waals surface area contributed by atoms with Crippen LogP contribution in [0.4, 0.5) is 0 Å². The molecule has 1 aliphatic rings. The van der Waals surface area contributed by atoms with E-state index in [1.165, 1.54) is 10.4 Å². The van der Waals surface area contributed by atoms with Gasteiger partial charge in [0.25, 0.3) is 0 Å². The number of halogens is 1. The molecule has 0 saturated heterocycles. The number of para-hydroxylation sites is 1. The number of hydrogen-bond acceptors (Lipinski definition) is 3. The Bertz CT molecular complexity index is 583. The highest BCUT2D eigenvalue weighted by molar-refractivity contribution is 9.10. The van der Waals surface area contributed by atoms with E-state index in [0.717, 1.165) is 29.6 Å². The van der Waals surface area contributed by atoms with E-state index in [1.54, 1.807) is 11.3 Å². The summed E-state index contributed by atoms with van der Waals surface area (Å²) in [6, 6.07) is 10.8. The van der Waals surface area contributed by atoms with Gasteiger partial charge in [-0.05, 0) is 46.4 Å². The molecule has 2 heterocycles. The Hall–Kier alpha value is -0.840. The minimum absolute atomic E-state index is 0.133. The normalized spacial score (nSPS) is 21.3. The van der Waals surface area contributed by atoms with Gasteiger partial charge in [-0.15, -0.1) is 11.3 Å². The Labute approximate surface area is 132 Å². The van der Waals surface area contributed by atoms with E-state index in [4.69, 9.17) is 4.74 Å². The van der Waals surface area contributed by atoms with Crippen LogP contribution in [0, 0.1) is 0 Å². The van der Waals surface area contributed by atoms with Crippen molar-refractivity contribution in [2.24, 2.45) is 0 Å². The quantitative estimate of drug-likeness (QED) is 0.829. The second-order valence-corrected chi connectivity index (χ2v) is 6.82. The van der Waals surface area contributed by atoms with E-state index >= 15 is 0 Å². The van der Waals surface area contributed by atoms with Crippen molar-refractivity contribution in [3.63, 3.8) is 0 Å². The first-order valence-corrected chi connectivity index (χ1v) is 8.68.